The molecule has 1 N–H and O–H groups in total. The van der Waals surface area contributed by atoms with Crippen molar-refractivity contribution in [1.29, 1.82) is 0 Å². The van der Waals surface area contributed by atoms with E-state index in [2.05, 4.69) is 10.2 Å². The van der Waals surface area contributed by atoms with Crippen LogP contribution >= 0.6 is 24.0 Å². The van der Waals surface area contributed by atoms with Crippen LogP contribution in [-0.4, -0.2) is 65.9 Å². The average molecular weight is 375 g/mol. The zero-order valence-corrected chi connectivity index (χ0v) is 14.7. The first-order valence-electron chi connectivity index (χ1n) is 7.75. The number of rotatable bonds is 3. The van der Waals surface area contributed by atoms with Gasteiger partial charge in [-0.3, -0.25) is 19.8 Å². The number of piperazine rings is 1. The minimum Gasteiger partial charge on any atom is -0.337 e. The lowest BCUT2D eigenvalue weighted by atomic mass is 10.1. The van der Waals surface area contributed by atoms with Gasteiger partial charge in [-0.15, -0.1) is 12.4 Å². The van der Waals surface area contributed by atoms with E-state index in [1.807, 2.05) is 0 Å². The van der Waals surface area contributed by atoms with Crippen molar-refractivity contribution in [2.24, 2.45) is 0 Å². The lowest BCUT2D eigenvalue weighted by molar-refractivity contribution is -0.385. The van der Waals surface area contributed by atoms with Gasteiger partial charge in [-0.2, -0.15) is 0 Å². The Morgan fingerprint density at radius 2 is 2.00 bits per heavy atom. The van der Waals surface area contributed by atoms with Crippen LogP contribution in [0.4, 0.5) is 5.69 Å². The van der Waals surface area contributed by atoms with Crippen molar-refractivity contribution >= 4 is 35.6 Å². The largest absolute Gasteiger partial charge is 0.337 e. The van der Waals surface area contributed by atoms with Gasteiger partial charge in [-0.25, -0.2) is 0 Å². The number of nitrogens with zero attached hydrogens (tertiary/aromatic N) is 3. The third-order valence-electron chi connectivity index (χ3n) is 4.52. The van der Waals surface area contributed by atoms with Gasteiger partial charge in [0.05, 0.1) is 4.92 Å². The first-order valence-corrected chi connectivity index (χ1v) is 8.12. The van der Waals surface area contributed by atoms with Crippen molar-refractivity contribution < 1.29 is 9.72 Å². The number of nitro groups is 1. The molecule has 1 aromatic carbocycles. The van der Waals surface area contributed by atoms with E-state index in [1.165, 1.54) is 12.1 Å². The Kier molecular flexibility index (Phi) is 6.40. The van der Waals surface area contributed by atoms with E-state index < -0.39 is 4.92 Å². The molecule has 0 saturated carbocycles. The van der Waals surface area contributed by atoms with E-state index in [4.69, 9.17) is 11.6 Å². The Morgan fingerprint density at radius 3 is 2.67 bits per heavy atom. The summed E-state index contributed by atoms with van der Waals surface area (Å²) in [6, 6.07) is 4.82. The van der Waals surface area contributed by atoms with Crippen LogP contribution in [-0.2, 0) is 0 Å². The van der Waals surface area contributed by atoms with Crippen molar-refractivity contribution in [1.82, 2.24) is 15.1 Å². The zero-order chi connectivity index (χ0) is 16.4. The standard InChI is InChI=1S/C15H19ClN4O3.ClH/c16-13-3-1-2-12(14(13)20(22)23)15(21)19-7-4-11(10-19)18-8-5-17-6-9-18;/h1-3,11,17H,4-10H2;1H. The number of nitrogens with one attached hydrogen (secondary N) is 1. The van der Waals surface area contributed by atoms with Crippen LogP contribution < -0.4 is 5.32 Å². The van der Waals surface area contributed by atoms with E-state index in [9.17, 15) is 14.9 Å². The predicted molar refractivity (Wildman–Crippen MR) is 94.1 cm³/mol. The Balaban J connectivity index is 0.00000208. The lowest BCUT2D eigenvalue weighted by Crippen LogP contribution is -2.49. The fourth-order valence-corrected chi connectivity index (χ4v) is 3.56. The molecule has 2 aliphatic rings. The second kappa shape index (κ2) is 8.11. The molecule has 2 fully saturated rings. The Morgan fingerprint density at radius 1 is 1.29 bits per heavy atom. The summed E-state index contributed by atoms with van der Waals surface area (Å²) in [5.74, 6) is -0.308. The van der Waals surface area contributed by atoms with Gasteiger partial charge in [-0.05, 0) is 18.6 Å². The molecule has 0 aliphatic carbocycles. The quantitative estimate of drug-likeness (QED) is 0.644. The molecule has 0 bridgehead atoms. The molecule has 0 radical (unpaired) electrons. The van der Waals surface area contributed by atoms with Crippen LogP contribution in [0, 0.1) is 10.1 Å². The third-order valence-corrected chi connectivity index (χ3v) is 4.82. The van der Waals surface area contributed by atoms with Crippen LogP contribution in [0.25, 0.3) is 0 Å². The molecule has 1 aromatic rings. The highest BCUT2D eigenvalue weighted by molar-refractivity contribution is 6.33. The predicted octanol–water partition coefficient (Wildman–Crippen LogP) is 1.79. The Hall–Kier alpha value is -1.41. The van der Waals surface area contributed by atoms with Crippen molar-refractivity contribution in [3.05, 3.63) is 38.9 Å². The number of halogens is 2. The minimum absolute atomic E-state index is 0. The molecule has 2 saturated heterocycles. The fourth-order valence-electron chi connectivity index (χ4n) is 3.32. The molecular weight excluding hydrogens is 355 g/mol. The monoisotopic (exact) mass is 374 g/mol. The molecule has 3 rings (SSSR count). The van der Waals surface area contributed by atoms with E-state index in [0.29, 0.717) is 19.1 Å². The van der Waals surface area contributed by atoms with Gasteiger partial charge < -0.3 is 10.2 Å². The van der Waals surface area contributed by atoms with Crippen molar-refractivity contribution in [2.45, 2.75) is 12.5 Å². The highest BCUT2D eigenvalue weighted by Gasteiger charge is 2.34. The summed E-state index contributed by atoms with van der Waals surface area (Å²) < 4.78 is 0. The molecule has 1 atom stereocenters. The van der Waals surface area contributed by atoms with Gasteiger partial charge in [0.15, 0.2) is 0 Å². The molecule has 1 unspecified atom stereocenters. The van der Waals surface area contributed by atoms with Crippen LogP contribution in [0.15, 0.2) is 18.2 Å². The summed E-state index contributed by atoms with van der Waals surface area (Å²) in [7, 11) is 0. The van der Waals surface area contributed by atoms with Gasteiger partial charge >= 0.3 is 5.69 Å². The molecule has 1 amide bonds. The number of hydrogen-bond donors (Lipinski definition) is 1. The van der Waals surface area contributed by atoms with Crippen LogP contribution in [0.3, 0.4) is 0 Å². The number of para-hydroxylation sites is 1. The minimum atomic E-state index is -0.584. The molecular formula is C15H20Cl2N4O3. The van der Waals surface area contributed by atoms with Gasteiger partial charge in [0.25, 0.3) is 5.91 Å². The van der Waals surface area contributed by atoms with Crippen LogP contribution in [0.1, 0.15) is 16.8 Å². The van der Waals surface area contributed by atoms with E-state index in [-0.39, 0.29) is 34.6 Å². The normalized spacial score (nSPS) is 21.4. The number of carbonyl (C=O) groups excluding carboxylic acids is 1. The number of carbonyl (C=O) groups is 1. The van der Waals surface area contributed by atoms with E-state index >= 15 is 0 Å². The van der Waals surface area contributed by atoms with Crippen LogP contribution in [0.2, 0.25) is 5.02 Å². The summed E-state index contributed by atoms with van der Waals surface area (Å²) in [6.07, 6.45) is 0.903. The first kappa shape index (κ1) is 18.9. The molecule has 0 aromatic heterocycles. The molecule has 0 spiro atoms. The van der Waals surface area contributed by atoms with Gasteiger partial charge in [-0.1, -0.05) is 17.7 Å². The van der Waals surface area contributed by atoms with Crippen molar-refractivity contribution in [3.8, 4) is 0 Å². The smallest absolute Gasteiger partial charge is 0.300 e. The Labute approximate surface area is 151 Å². The molecule has 132 valence electrons. The number of hydrogen-bond acceptors (Lipinski definition) is 5. The second-order valence-electron chi connectivity index (χ2n) is 5.87. The SMILES string of the molecule is Cl.O=C(c1cccc(Cl)c1[N+](=O)[O-])N1CCC(N2CCNCC2)C1. The van der Waals surface area contributed by atoms with Gasteiger partial charge in [0.1, 0.15) is 10.6 Å². The van der Waals surface area contributed by atoms with Crippen molar-refractivity contribution in [2.75, 3.05) is 39.3 Å². The van der Waals surface area contributed by atoms with Gasteiger partial charge in [0.2, 0.25) is 0 Å². The Bertz CT molecular complexity index is 623. The molecule has 9 heteroatoms. The average Bonchev–Trinajstić information content (AvgIpc) is 3.04. The highest BCUT2D eigenvalue weighted by atomic mass is 35.5. The summed E-state index contributed by atoms with van der Waals surface area (Å²) in [5, 5.41) is 14.5. The molecule has 7 nitrogen and oxygen atoms in total. The second-order valence-corrected chi connectivity index (χ2v) is 6.28. The third kappa shape index (κ3) is 3.80. The summed E-state index contributed by atoms with van der Waals surface area (Å²) in [6.45, 7) is 5.11. The number of likely N-dealkylation sites (tertiary alicyclic amines) is 1. The number of amides is 1. The van der Waals surface area contributed by atoms with E-state index in [0.717, 1.165) is 32.6 Å². The molecule has 24 heavy (non-hydrogen) atoms. The first-order chi connectivity index (χ1) is 11.1. The van der Waals surface area contributed by atoms with Crippen molar-refractivity contribution in [3.63, 3.8) is 0 Å². The maximum absolute atomic E-state index is 12.7. The molecule has 2 aliphatic heterocycles. The number of benzene rings is 1. The van der Waals surface area contributed by atoms with E-state index in [1.54, 1.807) is 11.0 Å². The highest BCUT2D eigenvalue weighted by Crippen LogP contribution is 2.30. The summed E-state index contributed by atoms with van der Waals surface area (Å²) in [5.41, 5.74) is -0.228. The fraction of sp³-hybridized carbons (Fsp3) is 0.533. The lowest BCUT2D eigenvalue weighted by Gasteiger charge is -2.32. The number of nitro benzene ring substituents is 1. The maximum Gasteiger partial charge on any atom is 0.300 e. The summed E-state index contributed by atoms with van der Waals surface area (Å²) in [4.78, 5) is 27.4. The molecule has 2 heterocycles. The van der Waals surface area contributed by atoms with Gasteiger partial charge in [0, 0.05) is 45.3 Å². The summed E-state index contributed by atoms with van der Waals surface area (Å²) >= 11 is 5.90. The zero-order valence-electron chi connectivity index (χ0n) is 13.1. The maximum atomic E-state index is 12.7. The topological polar surface area (TPSA) is 78.7 Å². The van der Waals surface area contributed by atoms with Crippen LogP contribution in [0.5, 0.6) is 0 Å².